The molecule has 1 spiro atoms. The summed E-state index contributed by atoms with van der Waals surface area (Å²) in [6.45, 7) is 6.08. The van der Waals surface area contributed by atoms with Gasteiger partial charge in [0.1, 0.15) is 4.93 Å². The first-order chi connectivity index (χ1) is 10.4. The maximum Gasteiger partial charge on any atom is 0.243 e. The van der Waals surface area contributed by atoms with E-state index in [4.69, 9.17) is 4.74 Å². The fraction of sp³-hybridized carbons (Fsp3) is 0.625. The number of nitrogens with zero attached hydrogens (tertiary/aromatic N) is 1. The van der Waals surface area contributed by atoms with Crippen molar-refractivity contribution in [3.05, 3.63) is 29.8 Å². The molecule has 0 amide bonds. The largest absolute Gasteiger partial charge is 0.363 e. The standard InChI is InChI=1S/C16H23NO3S2/c1-13(2)14-3-5-15(6-4-14)22(18,19)17-9-7-16(8-10-17)20-11-12-21-16/h3-6,13H,7-12H2,1-2H3. The van der Waals surface area contributed by atoms with Crippen molar-refractivity contribution in [2.45, 2.75) is 42.4 Å². The van der Waals surface area contributed by atoms with Crippen LogP contribution in [0, 0.1) is 0 Å². The average molecular weight is 341 g/mol. The van der Waals surface area contributed by atoms with Crippen molar-refractivity contribution in [1.82, 2.24) is 4.31 Å². The number of hydrogen-bond acceptors (Lipinski definition) is 4. The molecule has 4 nitrogen and oxygen atoms in total. The molecule has 3 rings (SSSR count). The lowest BCUT2D eigenvalue weighted by Crippen LogP contribution is -2.44. The molecule has 0 N–H and O–H groups in total. The fourth-order valence-electron chi connectivity index (χ4n) is 3.03. The van der Waals surface area contributed by atoms with Crippen molar-refractivity contribution in [3.8, 4) is 0 Å². The summed E-state index contributed by atoms with van der Waals surface area (Å²) < 4.78 is 32.9. The molecule has 2 heterocycles. The first kappa shape index (κ1) is 16.3. The third kappa shape index (κ3) is 3.07. The molecule has 2 saturated heterocycles. The van der Waals surface area contributed by atoms with Crippen molar-refractivity contribution in [2.24, 2.45) is 0 Å². The van der Waals surface area contributed by atoms with Gasteiger partial charge in [-0.25, -0.2) is 8.42 Å². The first-order valence-corrected chi connectivity index (χ1v) is 10.2. The van der Waals surface area contributed by atoms with Crippen molar-refractivity contribution < 1.29 is 13.2 Å². The Hall–Kier alpha value is -0.560. The molecular formula is C16H23NO3S2. The molecule has 0 saturated carbocycles. The molecule has 0 aromatic heterocycles. The number of thioether (sulfide) groups is 1. The molecule has 0 unspecified atom stereocenters. The van der Waals surface area contributed by atoms with E-state index in [1.807, 2.05) is 23.9 Å². The molecule has 122 valence electrons. The van der Waals surface area contributed by atoms with Crippen molar-refractivity contribution in [1.29, 1.82) is 0 Å². The van der Waals surface area contributed by atoms with E-state index in [1.54, 1.807) is 16.4 Å². The molecule has 1 aromatic carbocycles. The summed E-state index contributed by atoms with van der Waals surface area (Å²) in [7, 11) is -3.38. The van der Waals surface area contributed by atoms with Crippen molar-refractivity contribution in [3.63, 3.8) is 0 Å². The molecule has 6 heteroatoms. The van der Waals surface area contributed by atoms with Crippen LogP contribution in [0.15, 0.2) is 29.2 Å². The van der Waals surface area contributed by atoms with E-state index in [1.165, 1.54) is 0 Å². The highest BCUT2D eigenvalue weighted by atomic mass is 32.2. The molecule has 0 bridgehead atoms. The molecule has 2 aliphatic rings. The quantitative estimate of drug-likeness (QED) is 0.848. The summed E-state index contributed by atoms with van der Waals surface area (Å²) in [5.41, 5.74) is 1.16. The van der Waals surface area contributed by atoms with Crippen LogP contribution in [0.3, 0.4) is 0 Å². The van der Waals surface area contributed by atoms with E-state index < -0.39 is 10.0 Å². The normalized spacial score (nSPS) is 22.5. The van der Waals surface area contributed by atoms with Gasteiger partial charge in [0.05, 0.1) is 11.5 Å². The van der Waals surface area contributed by atoms with Gasteiger partial charge in [0, 0.05) is 18.8 Å². The maximum atomic E-state index is 12.7. The van der Waals surface area contributed by atoms with Crippen LogP contribution in [0.5, 0.6) is 0 Å². The third-order valence-electron chi connectivity index (χ3n) is 4.48. The van der Waals surface area contributed by atoms with Crippen LogP contribution in [-0.4, -0.2) is 43.1 Å². The van der Waals surface area contributed by atoms with Crippen LogP contribution in [0.4, 0.5) is 0 Å². The summed E-state index contributed by atoms with van der Waals surface area (Å²) in [6, 6.07) is 7.30. The van der Waals surface area contributed by atoms with Gasteiger partial charge in [-0.3, -0.25) is 0 Å². The zero-order valence-electron chi connectivity index (χ0n) is 13.1. The lowest BCUT2D eigenvalue weighted by atomic mass is 10.0. The average Bonchev–Trinajstić information content (AvgIpc) is 2.96. The van der Waals surface area contributed by atoms with Gasteiger partial charge in [-0.1, -0.05) is 26.0 Å². The van der Waals surface area contributed by atoms with Crippen LogP contribution in [-0.2, 0) is 14.8 Å². The Kier molecular flexibility index (Phi) is 4.56. The van der Waals surface area contributed by atoms with Gasteiger partial charge in [0.2, 0.25) is 10.0 Å². The Labute approximate surface area is 137 Å². The molecule has 2 aliphatic heterocycles. The van der Waals surface area contributed by atoms with Crippen LogP contribution >= 0.6 is 11.8 Å². The number of rotatable bonds is 3. The van der Waals surface area contributed by atoms with Gasteiger partial charge < -0.3 is 4.74 Å². The van der Waals surface area contributed by atoms with Gasteiger partial charge in [0.25, 0.3) is 0 Å². The number of ether oxygens (including phenoxy) is 1. The highest BCUT2D eigenvalue weighted by Gasteiger charge is 2.42. The van der Waals surface area contributed by atoms with Crippen LogP contribution < -0.4 is 0 Å². The van der Waals surface area contributed by atoms with E-state index in [0.29, 0.717) is 23.9 Å². The van der Waals surface area contributed by atoms with E-state index in [0.717, 1.165) is 30.8 Å². The van der Waals surface area contributed by atoms with E-state index in [-0.39, 0.29) is 4.93 Å². The molecular weight excluding hydrogens is 318 g/mol. The fourth-order valence-corrected chi connectivity index (χ4v) is 5.64. The van der Waals surface area contributed by atoms with E-state index in [2.05, 4.69) is 13.8 Å². The summed E-state index contributed by atoms with van der Waals surface area (Å²) in [4.78, 5) is 0.265. The van der Waals surface area contributed by atoms with Gasteiger partial charge in [0.15, 0.2) is 0 Å². The molecule has 1 aromatic rings. The second-order valence-corrected chi connectivity index (χ2v) is 9.61. The monoisotopic (exact) mass is 341 g/mol. The zero-order chi connectivity index (χ0) is 15.8. The summed E-state index contributed by atoms with van der Waals surface area (Å²) in [5.74, 6) is 1.42. The number of hydrogen-bond donors (Lipinski definition) is 0. The number of piperidine rings is 1. The summed E-state index contributed by atoms with van der Waals surface area (Å²) >= 11 is 1.84. The molecule has 0 aliphatic carbocycles. The lowest BCUT2D eigenvalue weighted by Gasteiger charge is -2.37. The minimum atomic E-state index is -3.38. The Morgan fingerprint density at radius 3 is 2.32 bits per heavy atom. The second kappa shape index (κ2) is 6.15. The highest BCUT2D eigenvalue weighted by Crippen LogP contribution is 2.42. The molecule has 22 heavy (non-hydrogen) atoms. The first-order valence-electron chi connectivity index (χ1n) is 7.81. The Morgan fingerprint density at radius 2 is 1.82 bits per heavy atom. The Morgan fingerprint density at radius 1 is 1.18 bits per heavy atom. The van der Waals surface area contributed by atoms with Gasteiger partial charge in [-0.05, 0) is 36.5 Å². The minimum Gasteiger partial charge on any atom is -0.363 e. The predicted molar refractivity (Wildman–Crippen MR) is 89.7 cm³/mol. The second-order valence-electron chi connectivity index (χ2n) is 6.24. The lowest BCUT2D eigenvalue weighted by molar-refractivity contribution is 0.0162. The van der Waals surface area contributed by atoms with Gasteiger partial charge in [-0.15, -0.1) is 11.8 Å². The minimum absolute atomic E-state index is 0.131. The number of sulfonamides is 1. The molecule has 0 atom stereocenters. The van der Waals surface area contributed by atoms with Crippen LogP contribution in [0.1, 0.15) is 38.2 Å². The van der Waals surface area contributed by atoms with E-state index in [9.17, 15) is 8.42 Å². The van der Waals surface area contributed by atoms with Crippen LogP contribution in [0.25, 0.3) is 0 Å². The Bertz CT molecular complexity index is 609. The van der Waals surface area contributed by atoms with Gasteiger partial charge in [-0.2, -0.15) is 4.31 Å². The topological polar surface area (TPSA) is 46.6 Å². The third-order valence-corrected chi connectivity index (χ3v) is 7.82. The van der Waals surface area contributed by atoms with Crippen LogP contribution in [0.2, 0.25) is 0 Å². The van der Waals surface area contributed by atoms with Crippen molar-refractivity contribution >= 4 is 21.8 Å². The maximum absolute atomic E-state index is 12.7. The van der Waals surface area contributed by atoms with Crippen molar-refractivity contribution in [2.75, 3.05) is 25.4 Å². The molecule has 2 fully saturated rings. The predicted octanol–water partition coefficient (Wildman–Crippen LogP) is 3.05. The zero-order valence-corrected chi connectivity index (χ0v) is 14.8. The SMILES string of the molecule is CC(C)c1ccc(S(=O)(=O)N2CCC3(CC2)OCCS3)cc1. The number of benzene rings is 1. The highest BCUT2D eigenvalue weighted by molar-refractivity contribution is 8.00. The molecule has 0 radical (unpaired) electrons. The van der Waals surface area contributed by atoms with Gasteiger partial charge >= 0.3 is 0 Å². The summed E-state index contributed by atoms with van der Waals surface area (Å²) in [5, 5.41) is 0. The van der Waals surface area contributed by atoms with E-state index >= 15 is 0 Å². The summed E-state index contributed by atoms with van der Waals surface area (Å²) in [6.07, 6.45) is 1.56. The smallest absolute Gasteiger partial charge is 0.243 e. The Balaban J connectivity index is 1.73.